The molecule has 0 aliphatic carbocycles. The standard InChI is InChI=1S/C10H14N2O2.ClH/c1-14-10(13)9(12-11)7-8-5-3-2-4-6-8;/h2-6,9,12H,7,11H2,1H3;1H/t9-;/m0./s1. The first kappa shape index (κ1) is 13.9. The van der Waals surface area contributed by atoms with E-state index in [2.05, 4.69) is 10.2 Å². The Bertz CT molecular complexity index is 293. The summed E-state index contributed by atoms with van der Waals surface area (Å²) in [7, 11) is 1.34. The fourth-order valence-corrected chi connectivity index (χ4v) is 1.20. The van der Waals surface area contributed by atoms with Crippen molar-refractivity contribution in [2.75, 3.05) is 7.11 Å². The molecular formula is C10H15ClN2O2. The monoisotopic (exact) mass is 230 g/mol. The average Bonchev–Trinajstić information content (AvgIpc) is 2.26. The average molecular weight is 231 g/mol. The van der Waals surface area contributed by atoms with Gasteiger partial charge in [-0.2, -0.15) is 0 Å². The van der Waals surface area contributed by atoms with E-state index in [1.165, 1.54) is 7.11 Å². The Labute approximate surface area is 95.2 Å². The zero-order valence-electron chi connectivity index (χ0n) is 8.47. The number of rotatable bonds is 4. The molecule has 0 amide bonds. The highest BCUT2D eigenvalue weighted by Gasteiger charge is 2.17. The molecule has 1 aromatic carbocycles. The van der Waals surface area contributed by atoms with E-state index in [9.17, 15) is 4.79 Å². The van der Waals surface area contributed by atoms with E-state index in [1.54, 1.807) is 0 Å². The van der Waals surface area contributed by atoms with E-state index in [0.717, 1.165) is 5.56 Å². The lowest BCUT2D eigenvalue weighted by atomic mass is 10.1. The molecule has 0 bridgehead atoms. The Morgan fingerprint density at radius 2 is 2.07 bits per heavy atom. The predicted octanol–water partition coefficient (Wildman–Crippen LogP) is 0.656. The third-order valence-electron chi connectivity index (χ3n) is 1.97. The van der Waals surface area contributed by atoms with Gasteiger partial charge < -0.3 is 4.74 Å². The van der Waals surface area contributed by atoms with Gasteiger partial charge in [-0.1, -0.05) is 30.3 Å². The number of benzene rings is 1. The van der Waals surface area contributed by atoms with Crippen LogP contribution in [-0.2, 0) is 16.0 Å². The van der Waals surface area contributed by atoms with Gasteiger partial charge in [-0.3, -0.25) is 10.6 Å². The maximum atomic E-state index is 11.2. The minimum absolute atomic E-state index is 0. The maximum absolute atomic E-state index is 11.2. The second-order valence-electron chi connectivity index (χ2n) is 2.93. The van der Waals surface area contributed by atoms with E-state index in [1.807, 2.05) is 30.3 Å². The van der Waals surface area contributed by atoms with Gasteiger partial charge >= 0.3 is 5.97 Å². The molecule has 0 unspecified atom stereocenters. The largest absolute Gasteiger partial charge is 0.468 e. The summed E-state index contributed by atoms with van der Waals surface area (Å²) in [5.41, 5.74) is 3.47. The van der Waals surface area contributed by atoms with Crippen molar-refractivity contribution in [2.45, 2.75) is 12.5 Å². The highest BCUT2D eigenvalue weighted by atomic mass is 35.5. The van der Waals surface area contributed by atoms with Crippen molar-refractivity contribution in [1.82, 2.24) is 5.43 Å². The number of carbonyl (C=O) groups excluding carboxylic acids is 1. The molecule has 0 saturated carbocycles. The fraction of sp³-hybridized carbons (Fsp3) is 0.300. The molecule has 3 N–H and O–H groups in total. The molecule has 0 heterocycles. The van der Waals surface area contributed by atoms with Crippen LogP contribution in [0.1, 0.15) is 5.56 Å². The lowest BCUT2D eigenvalue weighted by Crippen LogP contribution is -2.43. The van der Waals surface area contributed by atoms with Crippen molar-refractivity contribution in [3.05, 3.63) is 35.9 Å². The quantitative estimate of drug-likeness (QED) is 0.453. The van der Waals surface area contributed by atoms with Crippen LogP contribution in [0, 0.1) is 0 Å². The van der Waals surface area contributed by atoms with E-state index in [-0.39, 0.29) is 18.4 Å². The number of nitrogens with two attached hydrogens (primary N) is 1. The van der Waals surface area contributed by atoms with Crippen molar-refractivity contribution in [2.24, 2.45) is 5.84 Å². The van der Waals surface area contributed by atoms with Gasteiger partial charge in [0, 0.05) is 0 Å². The van der Waals surface area contributed by atoms with Crippen LogP contribution in [0.15, 0.2) is 30.3 Å². The number of hydrogen-bond donors (Lipinski definition) is 2. The summed E-state index contributed by atoms with van der Waals surface area (Å²) in [6.45, 7) is 0. The number of carbonyl (C=O) groups is 1. The topological polar surface area (TPSA) is 64.3 Å². The molecule has 0 aliphatic rings. The van der Waals surface area contributed by atoms with Gasteiger partial charge in [-0.15, -0.1) is 12.4 Å². The third kappa shape index (κ3) is 4.29. The van der Waals surface area contributed by atoms with Crippen molar-refractivity contribution in [3.63, 3.8) is 0 Å². The lowest BCUT2D eigenvalue weighted by Gasteiger charge is -2.12. The van der Waals surface area contributed by atoms with Crippen LogP contribution in [0.25, 0.3) is 0 Å². The summed E-state index contributed by atoms with van der Waals surface area (Å²) in [5, 5.41) is 0. The molecule has 0 radical (unpaired) electrons. The molecule has 0 aliphatic heterocycles. The molecule has 1 atom stereocenters. The van der Waals surface area contributed by atoms with Crippen LogP contribution in [0.5, 0.6) is 0 Å². The molecule has 0 fully saturated rings. The van der Waals surface area contributed by atoms with Crippen molar-refractivity contribution in [3.8, 4) is 0 Å². The number of nitrogens with one attached hydrogen (secondary N) is 1. The summed E-state index contributed by atoms with van der Waals surface area (Å²) >= 11 is 0. The normalized spacial score (nSPS) is 11.3. The molecule has 1 aromatic rings. The second-order valence-corrected chi connectivity index (χ2v) is 2.93. The van der Waals surface area contributed by atoms with Gasteiger partial charge in [0.25, 0.3) is 0 Å². The number of methoxy groups -OCH3 is 1. The minimum Gasteiger partial charge on any atom is -0.468 e. The van der Waals surface area contributed by atoms with E-state index in [4.69, 9.17) is 5.84 Å². The number of halogens is 1. The third-order valence-corrected chi connectivity index (χ3v) is 1.97. The van der Waals surface area contributed by atoms with Crippen LogP contribution in [0.3, 0.4) is 0 Å². The minimum atomic E-state index is -0.484. The van der Waals surface area contributed by atoms with Crippen LogP contribution < -0.4 is 11.3 Å². The Balaban J connectivity index is 0.00000196. The van der Waals surface area contributed by atoms with Crippen LogP contribution in [-0.4, -0.2) is 19.1 Å². The SMILES string of the molecule is COC(=O)[C@H](Cc1ccccc1)NN.Cl. The Hall–Kier alpha value is -1.10. The molecule has 5 heteroatoms. The smallest absolute Gasteiger partial charge is 0.324 e. The molecule has 0 spiro atoms. The maximum Gasteiger partial charge on any atom is 0.324 e. The Morgan fingerprint density at radius 1 is 1.47 bits per heavy atom. The van der Waals surface area contributed by atoms with Crippen LogP contribution >= 0.6 is 12.4 Å². The second kappa shape index (κ2) is 7.23. The first-order valence-corrected chi connectivity index (χ1v) is 4.36. The Kier molecular flexibility index (Phi) is 6.70. The molecular weight excluding hydrogens is 216 g/mol. The summed E-state index contributed by atoms with van der Waals surface area (Å²) < 4.78 is 4.59. The molecule has 4 nitrogen and oxygen atoms in total. The van der Waals surface area contributed by atoms with Gasteiger partial charge in [0.1, 0.15) is 6.04 Å². The lowest BCUT2D eigenvalue weighted by molar-refractivity contribution is -0.143. The predicted molar refractivity (Wildman–Crippen MR) is 60.5 cm³/mol. The number of hydrogen-bond acceptors (Lipinski definition) is 4. The van der Waals surface area contributed by atoms with Crippen LogP contribution in [0.4, 0.5) is 0 Å². The molecule has 84 valence electrons. The molecule has 15 heavy (non-hydrogen) atoms. The van der Waals surface area contributed by atoms with E-state index >= 15 is 0 Å². The highest BCUT2D eigenvalue weighted by molar-refractivity contribution is 5.85. The van der Waals surface area contributed by atoms with Gasteiger partial charge in [0.15, 0.2) is 0 Å². The van der Waals surface area contributed by atoms with Gasteiger partial charge in [-0.25, -0.2) is 5.43 Å². The Morgan fingerprint density at radius 3 is 2.53 bits per heavy atom. The zero-order valence-corrected chi connectivity index (χ0v) is 9.29. The zero-order chi connectivity index (χ0) is 10.4. The molecule has 1 rings (SSSR count). The van der Waals surface area contributed by atoms with Crippen molar-refractivity contribution < 1.29 is 9.53 Å². The number of esters is 1. The molecule has 0 saturated heterocycles. The van der Waals surface area contributed by atoms with Crippen molar-refractivity contribution in [1.29, 1.82) is 0 Å². The summed E-state index contributed by atoms with van der Waals surface area (Å²) in [6, 6.07) is 9.15. The van der Waals surface area contributed by atoms with Crippen molar-refractivity contribution >= 4 is 18.4 Å². The number of hydrazine groups is 1. The van der Waals surface area contributed by atoms with Gasteiger partial charge in [-0.05, 0) is 12.0 Å². The van der Waals surface area contributed by atoms with Gasteiger partial charge in [0.2, 0.25) is 0 Å². The summed E-state index contributed by atoms with van der Waals surface area (Å²) in [4.78, 5) is 11.2. The van der Waals surface area contributed by atoms with Crippen LogP contribution in [0.2, 0.25) is 0 Å². The number of ether oxygens (including phenoxy) is 1. The first-order chi connectivity index (χ1) is 6.77. The van der Waals surface area contributed by atoms with E-state index < -0.39 is 6.04 Å². The fourth-order valence-electron chi connectivity index (χ4n) is 1.20. The van der Waals surface area contributed by atoms with Gasteiger partial charge in [0.05, 0.1) is 7.11 Å². The first-order valence-electron chi connectivity index (χ1n) is 4.36. The van der Waals surface area contributed by atoms with E-state index in [0.29, 0.717) is 6.42 Å². The molecule has 0 aromatic heterocycles. The highest BCUT2D eigenvalue weighted by Crippen LogP contribution is 2.03. The summed E-state index contributed by atoms with van der Waals surface area (Å²) in [5.74, 6) is 4.90. The summed E-state index contributed by atoms with van der Waals surface area (Å²) in [6.07, 6.45) is 0.532.